The number of hydrogen-bond acceptors (Lipinski definition) is 3. The summed E-state index contributed by atoms with van der Waals surface area (Å²) in [6.45, 7) is 2.44. The third kappa shape index (κ3) is 3.71. The van der Waals surface area contributed by atoms with E-state index in [-0.39, 0.29) is 11.6 Å². The van der Waals surface area contributed by atoms with Crippen molar-refractivity contribution in [3.05, 3.63) is 29.6 Å². The largest absolute Gasteiger partial charge is 0.399 e. The van der Waals surface area contributed by atoms with Gasteiger partial charge in [-0.2, -0.15) is 0 Å². The number of benzene rings is 1. The van der Waals surface area contributed by atoms with E-state index in [1.807, 2.05) is 25.9 Å². The van der Waals surface area contributed by atoms with Gasteiger partial charge in [-0.1, -0.05) is 0 Å². The van der Waals surface area contributed by atoms with Crippen LogP contribution in [0.5, 0.6) is 0 Å². The number of anilines is 1. The molecule has 0 aliphatic heterocycles. The van der Waals surface area contributed by atoms with Gasteiger partial charge in [0, 0.05) is 18.3 Å². The lowest BCUT2D eigenvalue weighted by Crippen LogP contribution is -2.38. The van der Waals surface area contributed by atoms with Crippen LogP contribution in [0.15, 0.2) is 18.2 Å². The number of likely N-dealkylation sites (N-methyl/N-ethyl adjacent to an activating group) is 1. The number of nitrogen functional groups attached to an aromatic ring is 1. The molecule has 1 aromatic carbocycles. The average Bonchev–Trinajstić information content (AvgIpc) is 2.25. The number of nitrogens with zero attached hydrogens (tertiary/aromatic N) is 1. The van der Waals surface area contributed by atoms with Crippen LogP contribution in [0.3, 0.4) is 0 Å². The van der Waals surface area contributed by atoms with E-state index in [1.54, 1.807) is 0 Å². The summed E-state index contributed by atoms with van der Waals surface area (Å²) in [5.74, 6) is -1.02. The maximum Gasteiger partial charge on any atom is 0.254 e. The van der Waals surface area contributed by atoms with Gasteiger partial charge in [0.1, 0.15) is 5.82 Å². The van der Waals surface area contributed by atoms with E-state index in [0.717, 1.165) is 6.07 Å². The van der Waals surface area contributed by atoms with Crippen LogP contribution in [-0.2, 0) is 0 Å². The van der Waals surface area contributed by atoms with E-state index < -0.39 is 11.7 Å². The first-order chi connectivity index (χ1) is 7.91. The van der Waals surface area contributed by atoms with E-state index in [9.17, 15) is 9.18 Å². The van der Waals surface area contributed by atoms with E-state index in [2.05, 4.69) is 5.32 Å². The molecule has 5 heteroatoms. The van der Waals surface area contributed by atoms with Gasteiger partial charge in [0.15, 0.2) is 0 Å². The molecule has 3 N–H and O–H groups in total. The average molecular weight is 239 g/mol. The fourth-order valence-corrected chi connectivity index (χ4v) is 1.23. The Labute approximate surface area is 101 Å². The maximum absolute atomic E-state index is 13.4. The molecule has 0 fully saturated rings. The molecule has 17 heavy (non-hydrogen) atoms. The molecule has 0 spiro atoms. The van der Waals surface area contributed by atoms with Crippen LogP contribution < -0.4 is 11.1 Å². The lowest BCUT2D eigenvalue weighted by Gasteiger charge is -2.20. The van der Waals surface area contributed by atoms with Crippen LogP contribution in [0.2, 0.25) is 0 Å². The first-order valence-electron chi connectivity index (χ1n) is 5.41. The highest BCUT2D eigenvalue weighted by molar-refractivity contribution is 5.94. The summed E-state index contributed by atoms with van der Waals surface area (Å²) in [4.78, 5) is 13.7. The Bertz CT molecular complexity index is 407. The fourth-order valence-electron chi connectivity index (χ4n) is 1.23. The molecule has 4 nitrogen and oxygen atoms in total. The minimum atomic E-state index is -0.597. The SMILES string of the molecule is CC(CNC(=O)c1ccc(N)cc1F)N(C)C. The second-order valence-corrected chi connectivity index (χ2v) is 4.26. The first kappa shape index (κ1) is 13.4. The van der Waals surface area contributed by atoms with E-state index in [0.29, 0.717) is 12.2 Å². The van der Waals surface area contributed by atoms with Gasteiger partial charge < -0.3 is 16.0 Å². The second-order valence-electron chi connectivity index (χ2n) is 4.26. The van der Waals surface area contributed by atoms with E-state index in [4.69, 9.17) is 5.73 Å². The highest BCUT2D eigenvalue weighted by atomic mass is 19.1. The number of rotatable bonds is 4. The number of amides is 1. The highest BCUT2D eigenvalue weighted by Gasteiger charge is 2.13. The Morgan fingerprint density at radius 2 is 2.18 bits per heavy atom. The zero-order valence-electron chi connectivity index (χ0n) is 10.3. The summed E-state index contributed by atoms with van der Waals surface area (Å²) >= 11 is 0. The third-order valence-electron chi connectivity index (χ3n) is 2.68. The zero-order valence-corrected chi connectivity index (χ0v) is 10.3. The summed E-state index contributed by atoms with van der Waals surface area (Å²) in [7, 11) is 3.83. The van der Waals surface area contributed by atoms with Crippen molar-refractivity contribution >= 4 is 11.6 Å². The topological polar surface area (TPSA) is 58.4 Å². The van der Waals surface area contributed by atoms with Crippen LogP contribution in [0, 0.1) is 5.82 Å². The molecular formula is C12H18FN3O. The van der Waals surface area contributed by atoms with Gasteiger partial charge in [-0.3, -0.25) is 4.79 Å². The fraction of sp³-hybridized carbons (Fsp3) is 0.417. The molecule has 1 atom stereocenters. The Balaban J connectivity index is 2.64. The molecule has 0 aliphatic rings. The summed E-state index contributed by atoms with van der Waals surface area (Å²) in [5.41, 5.74) is 5.74. The van der Waals surface area contributed by atoms with Gasteiger partial charge in [0.05, 0.1) is 5.56 Å². The number of hydrogen-bond donors (Lipinski definition) is 2. The lowest BCUT2D eigenvalue weighted by atomic mass is 10.1. The van der Waals surface area contributed by atoms with Crippen LogP contribution in [0.4, 0.5) is 10.1 Å². The van der Waals surface area contributed by atoms with Gasteiger partial charge in [-0.05, 0) is 39.2 Å². The van der Waals surface area contributed by atoms with E-state index >= 15 is 0 Å². The summed E-state index contributed by atoms with van der Waals surface area (Å²) in [5, 5.41) is 2.68. The predicted octanol–water partition coefficient (Wildman–Crippen LogP) is 1.09. The van der Waals surface area contributed by atoms with Crippen molar-refractivity contribution in [3.63, 3.8) is 0 Å². The molecule has 0 bridgehead atoms. The molecule has 1 rings (SSSR count). The van der Waals surface area contributed by atoms with Gasteiger partial charge in [-0.15, -0.1) is 0 Å². The summed E-state index contributed by atoms with van der Waals surface area (Å²) < 4.78 is 13.4. The summed E-state index contributed by atoms with van der Waals surface area (Å²) in [6.07, 6.45) is 0. The first-order valence-corrected chi connectivity index (χ1v) is 5.41. The van der Waals surface area contributed by atoms with Crippen LogP contribution >= 0.6 is 0 Å². The molecule has 94 valence electrons. The molecule has 0 heterocycles. The van der Waals surface area contributed by atoms with Crippen molar-refractivity contribution in [2.45, 2.75) is 13.0 Å². The molecule has 0 saturated heterocycles. The summed E-state index contributed by atoms with van der Waals surface area (Å²) in [6, 6.07) is 4.23. The van der Waals surface area contributed by atoms with Gasteiger partial charge >= 0.3 is 0 Å². The zero-order chi connectivity index (χ0) is 13.0. The van der Waals surface area contributed by atoms with Crippen molar-refractivity contribution in [1.29, 1.82) is 0 Å². The Morgan fingerprint density at radius 1 is 1.53 bits per heavy atom. The van der Waals surface area contributed by atoms with Crippen LogP contribution in [0.25, 0.3) is 0 Å². The number of carbonyl (C=O) groups is 1. The molecule has 0 radical (unpaired) electrons. The molecule has 0 saturated carbocycles. The van der Waals surface area contributed by atoms with E-state index in [1.165, 1.54) is 12.1 Å². The Morgan fingerprint density at radius 3 is 2.71 bits per heavy atom. The standard InChI is InChI=1S/C12H18FN3O/c1-8(16(2)3)7-15-12(17)10-5-4-9(14)6-11(10)13/h4-6,8H,7,14H2,1-3H3,(H,15,17). The third-order valence-corrected chi connectivity index (χ3v) is 2.68. The maximum atomic E-state index is 13.4. The number of nitrogens with two attached hydrogens (primary N) is 1. The normalized spacial score (nSPS) is 12.5. The van der Waals surface area contributed by atoms with Gasteiger partial charge in [-0.25, -0.2) is 4.39 Å². The molecule has 0 aliphatic carbocycles. The van der Waals surface area contributed by atoms with Crippen LogP contribution in [-0.4, -0.2) is 37.5 Å². The Kier molecular flexibility index (Phi) is 4.45. The van der Waals surface area contributed by atoms with Gasteiger partial charge in [0.2, 0.25) is 0 Å². The second kappa shape index (κ2) is 5.63. The molecular weight excluding hydrogens is 221 g/mol. The number of halogens is 1. The highest BCUT2D eigenvalue weighted by Crippen LogP contribution is 2.11. The van der Waals surface area contributed by atoms with Crippen molar-refractivity contribution < 1.29 is 9.18 Å². The number of carbonyl (C=O) groups excluding carboxylic acids is 1. The van der Waals surface area contributed by atoms with Crippen molar-refractivity contribution in [1.82, 2.24) is 10.2 Å². The van der Waals surface area contributed by atoms with Crippen molar-refractivity contribution in [2.75, 3.05) is 26.4 Å². The smallest absolute Gasteiger partial charge is 0.254 e. The predicted molar refractivity (Wildman–Crippen MR) is 66.3 cm³/mol. The monoisotopic (exact) mass is 239 g/mol. The molecule has 1 aromatic rings. The van der Waals surface area contributed by atoms with Crippen molar-refractivity contribution in [3.8, 4) is 0 Å². The van der Waals surface area contributed by atoms with Gasteiger partial charge in [0.25, 0.3) is 5.91 Å². The Hall–Kier alpha value is -1.62. The van der Waals surface area contributed by atoms with Crippen molar-refractivity contribution in [2.24, 2.45) is 0 Å². The molecule has 1 unspecified atom stereocenters. The quantitative estimate of drug-likeness (QED) is 0.773. The molecule has 1 amide bonds. The minimum Gasteiger partial charge on any atom is -0.399 e. The molecule has 0 aromatic heterocycles. The van der Waals surface area contributed by atoms with Crippen LogP contribution in [0.1, 0.15) is 17.3 Å². The minimum absolute atomic E-state index is 0.0187. The number of nitrogens with one attached hydrogen (secondary N) is 1. The lowest BCUT2D eigenvalue weighted by molar-refractivity contribution is 0.0939.